The van der Waals surface area contributed by atoms with Gasteiger partial charge in [0.05, 0.1) is 0 Å². The molecule has 1 atom stereocenters. The number of thioether (sulfide) groups is 1. The minimum absolute atomic E-state index is 0.512. The molecule has 0 aromatic carbocycles. The van der Waals surface area contributed by atoms with E-state index in [1.54, 1.807) is 15.3 Å². The van der Waals surface area contributed by atoms with Crippen LogP contribution in [0.4, 0.5) is 0 Å². The highest BCUT2D eigenvalue weighted by Gasteiger charge is 2.28. The molecule has 1 aromatic rings. The summed E-state index contributed by atoms with van der Waals surface area (Å²) in [4.78, 5) is 3.21. The summed E-state index contributed by atoms with van der Waals surface area (Å²) in [6.45, 7) is 5.88. The molecule has 1 fully saturated rings. The second kappa shape index (κ2) is 5.18. The fourth-order valence-corrected chi connectivity index (χ4v) is 5.64. The van der Waals surface area contributed by atoms with Gasteiger partial charge in [0.1, 0.15) is 0 Å². The maximum Gasteiger partial charge on any atom is 0.0302 e. The molecule has 100 valence electrons. The van der Waals surface area contributed by atoms with Crippen molar-refractivity contribution in [1.82, 2.24) is 5.32 Å². The van der Waals surface area contributed by atoms with Crippen LogP contribution in [-0.2, 0) is 19.4 Å². The van der Waals surface area contributed by atoms with Crippen molar-refractivity contribution >= 4 is 23.1 Å². The van der Waals surface area contributed by atoms with Crippen molar-refractivity contribution in [3.05, 3.63) is 21.4 Å². The van der Waals surface area contributed by atoms with Crippen LogP contribution < -0.4 is 5.32 Å². The summed E-state index contributed by atoms with van der Waals surface area (Å²) in [5, 5.41) is 3.77. The van der Waals surface area contributed by atoms with E-state index in [9.17, 15) is 0 Å². The van der Waals surface area contributed by atoms with Crippen molar-refractivity contribution in [2.24, 2.45) is 5.41 Å². The fraction of sp³-hybridized carbons (Fsp3) is 0.733. The Kier molecular flexibility index (Phi) is 3.75. The zero-order valence-electron chi connectivity index (χ0n) is 11.4. The van der Waals surface area contributed by atoms with E-state index in [1.807, 2.05) is 11.3 Å². The summed E-state index contributed by atoms with van der Waals surface area (Å²) in [6.07, 6.45) is 5.35. The van der Waals surface area contributed by atoms with Crippen LogP contribution in [0.15, 0.2) is 6.07 Å². The number of thiophene rings is 1. The van der Waals surface area contributed by atoms with Crippen molar-refractivity contribution in [3.63, 3.8) is 0 Å². The molecular weight excluding hydrogens is 258 g/mol. The van der Waals surface area contributed by atoms with Crippen molar-refractivity contribution in [2.75, 3.05) is 11.5 Å². The Morgan fingerprint density at radius 2 is 2.28 bits per heavy atom. The number of hydrogen-bond acceptors (Lipinski definition) is 3. The van der Waals surface area contributed by atoms with Gasteiger partial charge >= 0.3 is 0 Å². The lowest BCUT2D eigenvalue weighted by Gasteiger charge is -2.35. The van der Waals surface area contributed by atoms with Crippen LogP contribution in [0.1, 0.15) is 42.0 Å². The van der Waals surface area contributed by atoms with Gasteiger partial charge in [-0.2, -0.15) is 11.8 Å². The molecule has 3 rings (SSSR count). The zero-order valence-corrected chi connectivity index (χ0v) is 13.1. The van der Waals surface area contributed by atoms with Crippen LogP contribution in [0.2, 0.25) is 0 Å². The number of fused-ring (bicyclic) bond motifs is 1. The first-order chi connectivity index (χ1) is 8.62. The van der Waals surface area contributed by atoms with Gasteiger partial charge in [-0.3, -0.25) is 0 Å². The van der Waals surface area contributed by atoms with Gasteiger partial charge in [0.15, 0.2) is 0 Å². The first-order valence-corrected chi connectivity index (χ1v) is 9.01. The first-order valence-electron chi connectivity index (χ1n) is 7.04. The summed E-state index contributed by atoms with van der Waals surface area (Å²) in [7, 11) is 0. The van der Waals surface area contributed by atoms with Gasteiger partial charge in [0, 0.05) is 28.1 Å². The summed E-state index contributed by atoms with van der Waals surface area (Å²) in [5.74, 6) is 2.60. The summed E-state index contributed by atoms with van der Waals surface area (Å²) >= 11 is 4.15. The van der Waals surface area contributed by atoms with Gasteiger partial charge in [-0.05, 0) is 48.5 Å². The zero-order chi connectivity index (χ0) is 12.6. The van der Waals surface area contributed by atoms with E-state index in [0.29, 0.717) is 11.5 Å². The summed E-state index contributed by atoms with van der Waals surface area (Å²) in [6, 6.07) is 3.15. The van der Waals surface area contributed by atoms with E-state index in [-0.39, 0.29) is 0 Å². The highest BCUT2D eigenvalue weighted by atomic mass is 32.2. The van der Waals surface area contributed by atoms with Gasteiger partial charge in [-0.1, -0.05) is 13.8 Å². The molecule has 3 heteroatoms. The SMILES string of the molecule is CC1(C)CSCC(NCc2cc3c(s2)CCC3)C1. The number of nitrogens with one attached hydrogen (secondary N) is 1. The molecule has 0 radical (unpaired) electrons. The van der Waals surface area contributed by atoms with Gasteiger partial charge < -0.3 is 5.32 Å². The highest BCUT2D eigenvalue weighted by molar-refractivity contribution is 7.99. The Morgan fingerprint density at radius 1 is 1.39 bits per heavy atom. The molecule has 18 heavy (non-hydrogen) atoms. The second-order valence-electron chi connectivity index (χ2n) is 6.48. The molecule has 1 unspecified atom stereocenters. The highest BCUT2D eigenvalue weighted by Crippen LogP contribution is 2.34. The molecule has 2 aliphatic rings. The van der Waals surface area contributed by atoms with Crippen molar-refractivity contribution in [1.29, 1.82) is 0 Å². The average Bonchev–Trinajstić information content (AvgIpc) is 2.85. The normalized spacial score (nSPS) is 26.2. The van der Waals surface area contributed by atoms with Crippen LogP contribution in [0, 0.1) is 5.41 Å². The van der Waals surface area contributed by atoms with Crippen LogP contribution >= 0.6 is 23.1 Å². The third-order valence-corrected chi connectivity index (χ3v) is 6.83. The lowest BCUT2D eigenvalue weighted by Crippen LogP contribution is -2.39. The van der Waals surface area contributed by atoms with Crippen LogP contribution in [-0.4, -0.2) is 17.5 Å². The first kappa shape index (κ1) is 13.0. The van der Waals surface area contributed by atoms with E-state index < -0.39 is 0 Å². The smallest absolute Gasteiger partial charge is 0.0302 e. The largest absolute Gasteiger partial charge is 0.308 e. The number of hydrogen-bond donors (Lipinski definition) is 1. The quantitative estimate of drug-likeness (QED) is 0.903. The van der Waals surface area contributed by atoms with Crippen molar-refractivity contribution in [2.45, 2.75) is 52.1 Å². The Bertz CT molecular complexity index is 401. The maximum atomic E-state index is 3.77. The Morgan fingerprint density at radius 3 is 3.06 bits per heavy atom. The molecule has 1 aliphatic heterocycles. The monoisotopic (exact) mass is 281 g/mol. The third-order valence-electron chi connectivity index (χ3n) is 3.97. The third kappa shape index (κ3) is 2.94. The van der Waals surface area contributed by atoms with Crippen LogP contribution in [0.3, 0.4) is 0 Å². The molecule has 2 heterocycles. The van der Waals surface area contributed by atoms with E-state index >= 15 is 0 Å². The molecule has 0 amide bonds. The van der Waals surface area contributed by atoms with Gasteiger partial charge in [-0.15, -0.1) is 11.3 Å². The minimum Gasteiger partial charge on any atom is -0.308 e. The molecule has 1 nitrogen and oxygen atoms in total. The lowest BCUT2D eigenvalue weighted by molar-refractivity contribution is 0.318. The molecule has 1 aliphatic carbocycles. The molecule has 0 saturated carbocycles. The molecular formula is C15H23NS2. The molecule has 0 spiro atoms. The van der Waals surface area contributed by atoms with Crippen LogP contribution in [0.5, 0.6) is 0 Å². The molecule has 1 saturated heterocycles. The average molecular weight is 281 g/mol. The summed E-state index contributed by atoms with van der Waals surface area (Å²) < 4.78 is 0. The lowest BCUT2D eigenvalue weighted by atomic mass is 9.88. The van der Waals surface area contributed by atoms with E-state index in [4.69, 9.17) is 0 Å². The van der Waals surface area contributed by atoms with E-state index in [2.05, 4.69) is 37.0 Å². The fourth-order valence-electron chi connectivity index (χ4n) is 3.12. The van der Waals surface area contributed by atoms with E-state index in [0.717, 1.165) is 6.54 Å². The number of rotatable bonds is 3. The molecule has 1 N–H and O–H groups in total. The van der Waals surface area contributed by atoms with Gasteiger partial charge in [0.25, 0.3) is 0 Å². The second-order valence-corrected chi connectivity index (χ2v) is 8.73. The van der Waals surface area contributed by atoms with E-state index in [1.165, 1.54) is 37.2 Å². The minimum atomic E-state index is 0.512. The summed E-state index contributed by atoms with van der Waals surface area (Å²) in [5.41, 5.74) is 2.15. The van der Waals surface area contributed by atoms with Crippen molar-refractivity contribution in [3.8, 4) is 0 Å². The predicted octanol–water partition coefficient (Wildman–Crippen LogP) is 3.86. The Labute approximate surface area is 119 Å². The molecule has 1 aromatic heterocycles. The van der Waals surface area contributed by atoms with Crippen LogP contribution in [0.25, 0.3) is 0 Å². The Hall–Kier alpha value is 0.01000. The molecule has 0 bridgehead atoms. The van der Waals surface area contributed by atoms with Gasteiger partial charge in [-0.25, -0.2) is 0 Å². The van der Waals surface area contributed by atoms with Gasteiger partial charge in [0.2, 0.25) is 0 Å². The van der Waals surface area contributed by atoms with Crippen molar-refractivity contribution < 1.29 is 0 Å². The topological polar surface area (TPSA) is 12.0 Å². The Balaban J connectivity index is 1.54. The maximum absolute atomic E-state index is 3.77. The number of aryl methyl sites for hydroxylation is 2. The standard InChI is InChI=1S/C15H23NS2/c1-15(2)7-12(9-17-10-15)16-8-13-6-11-4-3-5-14(11)18-13/h6,12,16H,3-5,7-10H2,1-2H3. The predicted molar refractivity (Wildman–Crippen MR) is 82.7 cm³/mol.